The Kier molecular flexibility index (Phi) is 3.50. The monoisotopic (exact) mass is 262 g/mol. The molecule has 0 atom stereocenters. The highest BCUT2D eigenvalue weighted by atomic mass is 16.4. The van der Waals surface area contributed by atoms with Crippen molar-refractivity contribution in [2.45, 2.75) is 40.0 Å². The third kappa shape index (κ3) is 2.30. The second-order valence-electron chi connectivity index (χ2n) is 4.84. The number of carbonyl (C=O) groups is 1. The van der Waals surface area contributed by atoms with Crippen molar-refractivity contribution in [3.8, 4) is 0 Å². The van der Waals surface area contributed by atoms with Crippen LogP contribution in [0.2, 0.25) is 0 Å². The third-order valence-corrected chi connectivity index (χ3v) is 3.81. The van der Waals surface area contributed by atoms with Gasteiger partial charge in [0.15, 0.2) is 5.65 Å². The van der Waals surface area contributed by atoms with Gasteiger partial charge in [-0.2, -0.15) is 0 Å². The zero-order valence-electron chi connectivity index (χ0n) is 11.4. The van der Waals surface area contributed by atoms with E-state index in [9.17, 15) is 9.90 Å². The lowest BCUT2D eigenvalue weighted by Gasteiger charge is -2.25. The van der Waals surface area contributed by atoms with E-state index in [-0.39, 0.29) is 0 Å². The molecule has 0 saturated heterocycles. The molecule has 2 aromatic rings. The fourth-order valence-corrected chi connectivity index (χ4v) is 2.24. The molecule has 1 N–H and O–H groups in total. The molecule has 0 bridgehead atoms. The van der Waals surface area contributed by atoms with Crippen molar-refractivity contribution in [2.24, 2.45) is 5.41 Å². The van der Waals surface area contributed by atoms with Gasteiger partial charge in [0.25, 0.3) is 0 Å². The first-order valence-corrected chi connectivity index (χ1v) is 6.42. The standard InChI is InChI=1S/C13H18N4O2/c1-4-13(5-2,12(18)19)7-11-16-15-10-6-9(3)14-8-17(10)11/h6,8H,4-5,7H2,1-3H3,(H,18,19). The number of aliphatic carboxylic acids is 1. The molecule has 0 aliphatic rings. The second-order valence-corrected chi connectivity index (χ2v) is 4.84. The van der Waals surface area contributed by atoms with Crippen molar-refractivity contribution in [3.63, 3.8) is 0 Å². The van der Waals surface area contributed by atoms with Gasteiger partial charge in [-0.25, -0.2) is 4.98 Å². The second kappa shape index (κ2) is 4.95. The van der Waals surface area contributed by atoms with Crippen LogP contribution in [-0.4, -0.2) is 30.7 Å². The first-order chi connectivity index (χ1) is 9.02. The summed E-state index contributed by atoms with van der Waals surface area (Å²) in [6.45, 7) is 5.67. The maximum atomic E-state index is 11.5. The zero-order chi connectivity index (χ0) is 14.0. The van der Waals surface area contributed by atoms with E-state index in [2.05, 4.69) is 15.2 Å². The Balaban J connectivity index is 2.42. The van der Waals surface area contributed by atoms with Crippen molar-refractivity contribution in [1.29, 1.82) is 0 Å². The number of aryl methyl sites for hydroxylation is 1. The predicted molar refractivity (Wildman–Crippen MR) is 69.9 cm³/mol. The molecule has 0 aliphatic carbocycles. The van der Waals surface area contributed by atoms with Crippen LogP contribution in [0.25, 0.3) is 5.65 Å². The maximum absolute atomic E-state index is 11.5. The normalized spacial score (nSPS) is 11.9. The molecule has 0 amide bonds. The molecule has 102 valence electrons. The van der Waals surface area contributed by atoms with E-state index in [1.54, 1.807) is 10.7 Å². The van der Waals surface area contributed by atoms with Crippen LogP contribution in [0.3, 0.4) is 0 Å². The van der Waals surface area contributed by atoms with Crippen LogP contribution in [0.15, 0.2) is 12.4 Å². The molecule has 0 fully saturated rings. The largest absolute Gasteiger partial charge is 0.481 e. The minimum absolute atomic E-state index is 0.362. The highest BCUT2D eigenvalue weighted by Gasteiger charge is 2.36. The summed E-state index contributed by atoms with van der Waals surface area (Å²) in [5.41, 5.74) is 0.782. The van der Waals surface area contributed by atoms with Gasteiger partial charge in [-0.1, -0.05) is 13.8 Å². The molecule has 2 aromatic heterocycles. The number of rotatable bonds is 5. The Morgan fingerprint density at radius 1 is 1.37 bits per heavy atom. The van der Waals surface area contributed by atoms with Crippen LogP contribution in [0.1, 0.15) is 38.2 Å². The summed E-state index contributed by atoms with van der Waals surface area (Å²) in [4.78, 5) is 15.7. The SMILES string of the molecule is CCC(CC)(Cc1nnc2cc(C)ncn12)C(=O)O. The smallest absolute Gasteiger partial charge is 0.310 e. The molecule has 0 unspecified atom stereocenters. The van der Waals surface area contributed by atoms with E-state index in [1.165, 1.54) is 0 Å². The molecular weight excluding hydrogens is 244 g/mol. The third-order valence-electron chi connectivity index (χ3n) is 3.81. The van der Waals surface area contributed by atoms with Crippen LogP contribution in [0.4, 0.5) is 0 Å². The average Bonchev–Trinajstić information content (AvgIpc) is 2.77. The van der Waals surface area contributed by atoms with E-state index >= 15 is 0 Å². The lowest BCUT2D eigenvalue weighted by molar-refractivity contribution is -0.149. The number of aromatic nitrogens is 4. The lowest BCUT2D eigenvalue weighted by atomic mass is 9.79. The molecule has 0 spiro atoms. The Morgan fingerprint density at radius 3 is 2.63 bits per heavy atom. The van der Waals surface area contributed by atoms with Crippen molar-refractivity contribution in [1.82, 2.24) is 19.6 Å². The summed E-state index contributed by atoms with van der Waals surface area (Å²) in [5, 5.41) is 17.6. The summed E-state index contributed by atoms with van der Waals surface area (Å²) in [6, 6.07) is 1.83. The fraction of sp³-hybridized carbons (Fsp3) is 0.538. The summed E-state index contributed by atoms with van der Waals surface area (Å²) in [7, 11) is 0. The number of hydrogen-bond donors (Lipinski definition) is 1. The molecule has 2 rings (SSSR count). The minimum Gasteiger partial charge on any atom is -0.481 e. The van der Waals surface area contributed by atoms with E-state index in [1.807, 2.05) is 26.8 Å². The molecule has 19 heavy (non-hydrogen) atoms. The van der Waals surface area contributed by atoms with Gasteiger partial charge in [0.05, 0.1) is 5.41 Å². The van der Waals surface area contributed by atoms with Gasteiger partial charge in [0.1, 0.15) is 12.2 Å². The van der Waals surface area contributed by atoms with Gasteiger partial charge >= 0.3 is 5.97 Å². The first-order valence-electron chi connectivity index (χ1n) is 6.42. The Labute approximate surface area is 111 Å². The van der Waals surface area contributed by atoms with Crippen molar-refractivity contribution >= 4 is 11.6 Å². The van der Waals surface area contributed by atoms with E-state index < -0.39 is 11.4 Å². The van der Waals surface area contributed by atoms with E-state index in [4.69, 9.17) is 0 Å². The van der Waals surface area contributed by atoms with Crippen molar-refractivity contribution in [3.05, 3.63) is 23.9 Å². The fourth-order valence-electron chi connectivity index (χ4n) is 2.24. The zero-order valence-corrected chi connectivity index (χ0v) is 11.4. The molecule has 6 nitrogen and oxygen atoms in total. The Morgan fingerprint density at radius 2 is 2.05 bits per heavy atom. The molecule has 6 heteroatoms. The van der Waals surface area contributed by atoms with Gasteiger partial charge in [-0.05, 0) is 19.8 Å². The van der Waals surface area contributed by atoms with Gasteiger partial charge < -0.3 is 5.11 Å². The van der Waals surface area contributed by atoms with Crippen molar-refractivity contribution < 1.29 is 9.90 Å². The number of hydrogen-bond acceptors (Lipinski definition) is 4. The van der Waals surface area contributed by atoms with E-state index in [0.29, 0.717) is 30.7 Å². The van der Waals surface area contributed by atoms with E-state index in [0.717, 1.165) is 5.69 Å². The molecule has 0 radical (unpaired) electrons. The topological polar surface area (TPSA) is 80.4 Å². The van der Waals surface area contributed by atoms with Crippen LogP contribution < -0.4 is 0 Å². The predicted octanol–water partition coefficient (Wildman–Crippen LogP) is 1.87. The Hall–Kier alpha value is -1.98. The lowest BCUT2D eigenvalue weighted by Crippen LogP contribution is -2.32. The highest BCUT2D eigenvalue weighted by molar-refractivity contribution is 5.74. The molecule has 0 aliphatic heterocycles. The average molecular weight is 262 g/mol. The maximum Gasteiger partial charge on any atom is 0.310 e. The minimum atomic E-state index is -0.784. The van der Waals surface area contributed by atoms with Gasteiger partial charge in [0, 0.05) is 18.2 Å². The summed E-state index contributed by atoms with van der Waals surface area (Å²) >= 11 is 0. The summed E-state index contributed by atoms with van der Waals surface area (Å²) in [6.07, 6.45) is 3.14. The van der Waals surface area contributed by atoms with Crippen LogP contribution >= 0.6 is 0 Å². The number of fused-ring (bicyclic) bond motifs is 1. The quantitative estimate of drug-likeness (QED) is 0.889. The van der Waals surface area contributed by atoms with Crippen molar-refractivity contribution in [2.75, 3.05) is 0 Å². The number of carboxylic acid groups (broad SMARTS) is 1. The molecular formula is C13H18N4O2. The first kappa shape index (κ1) is 13.5. The molecule has 0 aromatic carbocycles. The Bertz CT molecular complexity index is 602. The number of carboxylic acids is 1. The van der Waals surface area contributed by atoms with Crippen LogP contribution in [0.5, 0.6) is 0 Å². The van der Waals surface area contributed by atoms with Crippen LogP contribution in [-0.2, 0) is 11.2 Å². The molecule has 0 saturated carbocycles. The highest BCUT2D eigenvalue weighted by Crippen LogP contribution is 2.30. The van der Waals surface area contributed by atoms with Gasteiger partial charge in [-0.15, -0.1) is 10.2 Å². The summed E-state index contributed by atoms with van der Waals surface area (Å²) < 4.78 is 1.76. The van der Waals surface area contributed by atoms with Gasteiger partial charge in [0.2, 0.25) is 0 Å². The van der Waals surface area contributed by atoms with Crippen LogP contribution in [0, 0.1) is 12.3 Å². The van der Waals surface area contributed by atoms with Gasteiger partial charge in [-0.3, -0.25) is 9.20 Å². The number of nitrogens with zero attached hydrogens (tertiary/aromatic N) is 4. The molecule has 2 heterocycles. The summed E-state index contributed by atoms with van der Waals surface area (Å²) in [5.74, 6) is -0.136.